The van der Waals surface area contributed by atoms with Crippen molar-refractivity contribution in [3.05, 3.63) is 65.7 Å². The number of likely N-dealkylation sites (tertiary alicyclic amines) is 2. The molecule has 0 radical (unpaired) electrons. The maximum atomic E-state index is 13.4. The summed E-state index contributed by atoms with van der Waals surface area (Å²) in [6, 6.07) is 17.9. The zero-order valence-corrected chi connectivity index (χ0v) is 19.7. The fourth-order valence-corrected chi connectivity index (χ4v) is 5.81. The van der Waals surface area contributed by atoms with Gasteiger partial charge in [0, 0.05) is 56.3 Å². The lowest BCUT2D eigenvalue weighted by molar-refractivity contribution is -0.134. The summed E-state index contributed by atoms with van der Waals surface area (Å²) in [5.41, 5.74) is 2.75. The maximum absolute atomic E-state index is 13.4. The monoisotopic (exact) mass is 459 g/mol. The van der Waals surface area contributed by atoms with Crippen LogP contribution >= 0.6 is 0 Å². The van der Waals surface area contributed by atoms with E-state index < -0.39 is 0 Å². The van der Waals surface area contributed by atoms with Gasteiger partial charge in [-0.05, 0) is 67.9 Å². The molecule has 6 heteroatoms. The first-order valence-electron chi connectivity index (χ1n) is 12.6. The highest BCUT2D eigenvalue weighted by Crippen LogP contribution is 2.32. The van der Waals surface area contributed by atoms with E-state index in [1.807, 2.05) is 52.3 Å². The fraction of sp³-hybridized carbons (Fsp3) is 0.464. The minimum atomic E-state index is 0.0675. The Balaban J connectivity index is 1.19. The van der Waals surface area contributed by atoms with Crippen molar-refractivity contribution < 1.29 is 14.4 Å². The highest BCUT2D eigenvalue weighted by atomic mass is 16.2. The molecule has 2 atom stereocenters. The first-order valence-corrected chi connectivity index (χ1v) is 12.6. The molecule has 0 saturated carbocycles. The van der Waals surface area contributed by atoms with Crippen LogP contribution in [0.1, 0.15) is 54.4 Å². The van der Waals surface area contributed by atoms with Gasteiger partial charge < -0.3 is 14.7 Å². The van der Waals surface area contributed by atoms with Crippen LogP contribution in [0.4, 0.5) is 5.69 Å². The van der Waals surface area contributed by atoms with Gasteiger partial charge in [-0.15, -0.1) is 0 Å². The van der Waals surface area contributed by atoms with Gasteiger partial charge in [0.15, 0.2) is 0 Å². The van der Waals surface area contributed by atoms with Crippen molar-refractivity contribution in [3.63, 3.8) is 0 Å². The van der Waals surface area contributed by atoms with Crippen LogP contribution in [-0.2, 0) is 16.0 Å². The molecule has 3 heterocycles. The summed E-state index contributed by atoms with van der Waals surface area (Å²) >= 11 is 0. The van der Waals surface area contributed by atoms with Crippen LogP contribution in [0.15, 0.2) is 54.6 Å². The van der Waals surface area contributed by atoms with Crippen molar-refractivity contribution in [1.82, 2.24) is 9.80 Å². The SMILES string of the molecule is O=C(CCc1ccccc1)N1CC[C@@H]2[C@H](CCCN2C(=O)c2ccc(N3CCCC3=O)cc2)C1. The summed E-state index contributed by atoms with van der Waals surface area (Å²) in [6.07, 6.45) is 5.68. The number of rotatable bonds is 5. The van der Waals surface area contributed by atoms with Crippen LogP contribution in [-0.4, -0.2) is 59.7 Å². The molecule has 3 saturated heterocycles. The smallest absolute Gasteiger partial charge is 0.254 e. The van der Waals surface area contributed by atoms with Crippen LogP contribution in [0.5, 0.6) is 0 Å². The summed E-state index contributed by atoms with van der Waals surface area (Å²) in [5.74, 6) is 0.785. The molecule has 178 valence electrons. The first-order chi connectivity index (χ1) is 16.6. The Morgan fingerprint density at radius 1 is 0.882 bits per heavy atom. The van der Waals surface area contributed by atoms with Crippen LogP contribution < -0.4 is 4.90 Å². The van der Waals surface area contributed by atoms with Crippen molar-refractivity contribution in [2.24, 2.45) is 5.92 Å². The first kappa shape index (κ1) is 22.6. The van der Waals surface area contributed by atoms with Gasteiger partial charge in [-0.1, -0.05) is 30.3 Å². The van der Waals surface area contributed by atoms with Gasteiger partial charge in [-0.25, -0.2) is 0 Å². The zero-order chi connectivity index (χ0) is 23.5. The van der Waals surface area contributed by atoms with Crippen molar-refractivity contribution in [2.45, 2.75) is 51.0 Å². The average molecular weight is 460 g/mol. The van der Waals surface area contributed by atoms with Gasteiger partial charge in [-0.2, -0.15) is 0 Å². The van der Waals surface area contributed by atoms with Gasteiger partial charge in [0.25, 0.3) is 5.91 Å². The molecule has 0 aromatic heterocycles. The molecule has 3 aliphatic rings. The van der Waals surface area contributed by atoms with Gasteiger partial charge in [-0.3, -0.25) is 14.4 Å². The van der Waals surface area contributed by atoms with Crippen molar-refractivity contribution in [3.8, 4) is 0 Å². The molecular formula is C28H33N3O3. The van der Waals surface area contributed by atoms with E-state index in [2.05, 4.69) is 12.1 Å². The summed E-state index contributed by atoms with van der Waals surface area (Å²) in [4.78, 5) is 44.1. The van der Waals surface area contributed by atoms with Crippen LogP contribution in [0.3, 0.4) is 0 Å². The van der Waals surface area contributed by atoms with E-state index in [0.717, 1.165) is 57.4 Å². The maximum Gasteiger partial charge on any atom is 0.254 e. The molecule has 34 heavy (non-hydrogen) atoms. The molecule has 6 nitrogen and oxygen atoms in total. The zero-order valence-electron chi connectivity index (χ0n) is 19.7. The predicted octanol–water partition coefficient (Wildman–Crippen LogP) is 3.90. The molecule has 0 unspecified atom stereocenters. The number of fused-ring (bicyclic) bond motifs is 1. The Bertz CT molecular complexity index is 1040. The number of amides is 3. The number of carbonyl (C=O) groups excluding carboxylic acids is 3. The van der Waals surface area contributed by atoms with E-state index in [9.17, 15) is 14.4 Å². The Labute approximate surface area is 201 Å². The highest BCUT2D eigenvalue weighted by molar-refractivity contribution is 5.97. The largest absolute Gasteiger partial charge is 0.342 e. The van der Waals surface area contributed by atoms with E-state index in [1.165, 1.54) is 5.56 Å². The highest BCUT2D eigenvalue weighted by Gasteiger charge is 2.39. The third kappa shape index (κ3) is 4.72. The number of nitrogens with zero attached hydrogens (tertiary/aromatic N) is 3. The topological polar surface area (TPSA) is 60.9 Å². The lowest BCUT2D eigenvalue weighted by Gasteiger charge is -2.47. The molecule has 3 fully saturated rings. The number of anilines is 1. The van der Waals surface area contributed by atoms with E-state index >= 15 is 0 Å². The molecule has 0 aliphatic carbocycles. The molecular weight excluding hydrogens is 426 g/mol. The van der Waals surface area contributed by atoms with Gasteiger partial charge in [0.2, 0.25) is 11.8 Å². The Hall–Kier alpha value is -3.15. The lowest BCUT2D eigenvalue weighted by atomic mass is 9.83. The van der Waals surface area contributed by atoms with Gasteiger partial charge >= 0.3 is 0 Å². The summed E-state index contributed by atoms with van der Waals surface area (Å²) in [7, 11) is 0. The summed E-state index contributed by atoms with van der Waals surface area (Å²) in [6.45, 7) is 2.99. The van der Waals surface area contributed by atoms with Gasteiger partial charge in [0.1, 0.15) is 0 Å². The second kappa shape index (κ2) is 10.00. The second-order valence-electron chi connectivity index (χ2n) is 9.78. The molecule has 0 spiro atoms. The number of benzene rings is 2. The van der Waals surface area contributed by atoms with Crippen LogP contribution in [0.2, 0.25) is 0 Å². The van der Waals surface area contributed by atoms with E-state index in [4.69, 9.17) is 0 Å². The minimum absolute atomic E-state index is 0.0675. The van der Waals surface area contributed by atoms with E-state index in [-0.39, 0.29) is 23.8 Å². The predicted molar refractivity (Wildman–Crippen MR) is 132 cm³/mol. The Morgan fingerprint density at radius 2 is 1.68 bits per heavy atom. The number of aryl methyl sites for hydroxylation is 1. The number of piperidine rings is 2. The van der Waals surface area contributed by atoms with Crippen LogP contribution in [0.25, 0.3) is 0 Å². The minimum Gasteiger partial charge on any atom is -0.342 e. The molecule has 0 bridgehead atoms. The number of carbonyl (C=O) groups is 3. The molecule has 2 aromatic carbocycles. The summed E-state index contributed by atoms with van der Waals surface area (Å²) in [5, 5.41) is 0. The Kier molecular flexibility index (Phi) is 6.66. The number of hydrogen-bond donors (Lipinski definition) is 0. The average Bonchev–Trinajstić information content (AvgIpc) is 3.32. The molecule has 0 N–H and O–H groups in total. The standard InChI is InChI=1S/C28H33N3O3/c32-26(15-10-21-6-2-1-3-7-21)29-19-16-25-23(20-29)8-4-18-31(25)28(34)22-11-13-24(14-12-22)30-17-5-9-27(30)33/h1-3,6-7,11-14,23,25H,4-5,8-10,15-20H2/t23-,25-/m1/s1. The normalized spacial score (nSPS) is 22.6. The van der Waals surface area contributed by atoms with Crippen molar-refractivity contribution in [2.75, 3.05) is 31.1 Å². The Morgan fingerprint density at radius 3 is 2.41 bits per heavy atom. The fourth-order valence-electron chi connectivity index (χ4n) is 5.81. The van der Waals surface area contributed by atoms with Crippen LogP contribution in [0, 0.1) is 5.92 Å². The molecule has 5 rings (SSSR count). The lowest BCUT2D eigenvalue weighted by Crippen LogP contribution is -2.56. The van der Waals surface area contributed by atoms with E-state index in [1.54, 1.807) is 4.90 Å². The third-order valence-corrected chi connectivity index (χ3v) is 7.65. The second-order valence-corrected chi connectivity index (χ2v) is 9.78. The van der Waals surface area contributed by atoms with E-state index in [0.29, 0.717) is 30.9 Å². The quantitative estimate of drug-likeness (QED) is 0.681. The number of hydrogen-bond acceptors (Lipinski definition) is 3. The molecule has 3 aliphatic heterocycles. The third-order valence-electron chi connectivity index (χ3n) is 7.65. The summed E-state index contributed by atoms with van der Waals surface area (Å²) < 4.78 is 0. The molecule has 2 aromatic rings. The molecule has 3 amide bonds. The van der Waals surface area contributed by atoms with Crippen molar-refractivity contribution in [1.29, 1.82) is 0 Å². The van der Waals surface area contributed by atoms with Crippen molar-refractivity contribution >= 4 is 23.4 Å². The van der Waals surface area contributed by atoms with Gasteiger partial charge in [0.05, 0.1) is 0 Å².